The molecule has 0 unspecified atom stereocenters. The van der Waals surface area contributed by atoms with Crippen LogP contribution >= 0.6 is 0 Å². The molecule has 0 aliphatic carbocycles. The molecule has 1 aliphatic rings. The SMILES string of the molecule is Cn1nnc2cc(-c3c(F)c(F)c(-c4cccc(CN5CCCCC5)c4)c(F)c3F)cc(C(=O)O)c21.O=C(O)C(F)(F)F. The van der Waals surface area contributed by atoms with Crippen molar-refractivity contribution < 1.29 is 50.5 Å². The number of aryl methyl sites for hydroxylation is 1. The van der Waals surface area contributed by atoms with E-state index >= 15 is 17.6 Å². The van der Waals surface area contributed by atoms with E-state index in [9.17, 15) is 23.1 Å². The normalized spacial score (nSPS) is 14.0. The predicted molar refractivity (Wildman–Crippen MR) is 139 cm³/mol. The van der Waals surface area contributed by atoms with Crippen LogP contribution < -0.4 is 0 Å². The Labute approximate surface area is 239 Å². The zero-order valence-corrected chi connectivity index (χ0v) is 22.4. The minimum Gasteiger partial charge on any atom is -0.478 e. The quantitative estimate of drug-likeness (QED) is 0.205. The number of carboxylic acids is 2. The number of hydrogen-bond donors (Lipinski definition) is 2. The van der Waals surface area contributed by atoms with Gasteiger partial charge in [0.15, 0.2) is 23.3 Å². The summed E-state index contributed by atoms with van der Waals surface area (Å²) in [4.78, 5) is 22.9. The summed E-state index contributed by atoms with van der Waals surface area (Å²) in [6, 6.07) is 8.43. The Kier molecular flexibility index (Phi) is 9.04. The van der Waals surface area contributed by atoms with Crippen molar-refractivity contribution in [3.63, 3.8) is 0 Å². The van der Waals surface area contributed by atoms with E-state index in [-0.39, 0.29) is 27.7 Å². The van der Waals surface area contributed by atoms with Crippen LogP contribution in [0, 0.1) is 23.3 Å². The molecule has 1 aromatic heterocycles. The molecule has 0 saturated carbocycles. The number of aromatic nitrogens is 3. The van der Waals surface area contributed by atoms with Gasteiger partial charge in [-0.3, -0.25) is 4.90 Å². The Morgan fingerprint density at radius 3 is 1.95 bits per heavy atom. The minimum atomic E-state index is -5.08. The van der Waals surface area contributed by atoms with Crippen LogP contribution in [0.5, 0.6) is 0 Å². The van der Waals surface area contributed by atoms with Crippen LogP contribution in [-0.2, 0) is 18.4 Å². The van der Waals surface area contributed by atoms with Gasteiger partial charge >= 0.3 is 18.1 Å². The monoisotopic (exact) mass is 612 g/mol. The summed E-state index contributed by atoms with van der Waals surface area (Å²) in [5, 5.41) is 24.2. The zero-order valence-electron chi connectivity index (χ0n) is 22.4. The summed E-state index contributed by atoms with van der Waals surface area (Å²) < 4.78 is 94.1. The summed E-state index contributed by atoms with van der Waals surface area (Å²) >= 11 is 0. The molecule has 3 aromatic carbocycles. The summed E-state index contributed by atoms with van der Waals surface area (Å²) in [6.07, 6.45) is -1.77. The topological polar surface area (TPSA) is 109 Å². The molecule has 2 N–H and O–H groups in total. The summed E-state index contributed by atoms with van der Waals surface area (Å²) in [5.74, 6) is -10.5. The van der Waals surface area contributed by atoms with Crippen molar-refractivity contribution in [2.45, 2.75) is 32.0 Å². The number of hydrogen-bond acceptors (Lipinski definition) is 5. The maximum atomic E-state index is 15.3. The molecule has 2 heterocycles. The number of carboxylic acid groups (broad SMARTS) is 2. The predicted octanol–water partition coefficient (Wildman–Crippen LogP) is 6.18. The number of aliphatic carboxylic acids is 1. The highest BCUT2D eigenvalue weighted by atomic mass is 19.4. The highest BCUT2D eigenvalue weighted by Gasteiger charge is 2.38. The molecule has 1 aliphatic heterocycles. The van der Waals surface area contributed by atoms with Gasteiger partial charge in [0.2, 0.25) is 0 Å². The van der Waals surface area contributed by atoms with Crippen LogP contribution in [0.3, 0.4) is 0 Å². The molecule has 1 fully saturated rings. The highest BCUT2D eigenvalue weighted by molar-refractivity contribution is 6.03. The third kappa shape index (κ3) is 6.61. The van der Waals surface area contributed by atoms with Crippen LogP contribution in [0.2, 0.25) is 0 Å². The minimum absolute atomic E-state index is 0.0134. The van der Waals surface area contributed by atoms with E-state index in [0.717, 1.165) is 50.0 Å². The lowest BCUT2D eigenvalue weighted by atomic mass is 9.95. The lowest BCUT2D eigenvalue weighted by Crippen LogP contribution is -2.29. The lowest BCUT2D eigenvalue weighted by Gasteiger charge is -2.26. The molecule has 0 radical (unpaired) electrons. The first kappa shape index (κ1) is 31.4. The van der Waals surface area contributed by atoms with Crippen LogP contribution in [0.15, 0.2) is 36.4 Å². The molecular weight excluding hydrogens is 589 g/mol. The number of fused-ring (bicyclic) bond motifs is 1. The fourth-order valence-electron chi connectivity index (χ4n) is 4.84. The average molecular weight is 613 g/mol. The summed E-state index contributed by atoms with van der Waals surface area (Å²) in [6.45, 7) is 2.40. The van der Waals surface area contributed by atoms with Crippen LogP contribution in [0.25, 0.3) is 33.3 Å². The number of alkyl halides is 3. The largest absolute Gasteiger partial charge is 0.490 e. The van der Waals surface area contributed by atoms with Crippen molar-refractivity contribution in [2.24, 2.45) is 7.05 Å². The van der Waals surface area contributed by atoms with E-state index in [4.69, 9.17) is 9.90 Å². The van der Waals surface area contributed by atoms with Crippen molar-refractivity contribution in [1.29, 1.82) is 0 Å². The van der Waals surface area contributed by atoms with Crippen LogP contribution in [-0.4, -0.2) is 61.3 Å². The Morgan fingerprint density at radius 1 is 0.860 bits per heavy atom. The standard InChI is InChI=1S/C26H22F4N4O2.C2HF3O2/c1-33-25-17(26(35)36)11-16(12-18(25)31-32-33)20-23(29)21(27)19(22(28)24(20)30)15-7-5-6-14(10-15)13-34-8-3-2-4-9-34;3-2(4,5)1(6)7/h5-7,10-12H,2-4,8-9,13H2,1H3,(H,35,36);(H,6,7). The molecule has 43 heavy (non-hydrogen) atoms. The second kappa shape index (κ2) is 12.4. The summed E-state index contributed by atoms with van der Waals surface area (Å²) in [7, 11) is 1.45. The number of likely N-dealkylation sites (tertiary alicyclic amines) is 1. The highest BCUT2D eigenvalue weighted by Crippen LogP contribution is 2.38. The van der Waals surface area contributed by atoms with E-state index in [2.05, 4.69) is 15.2 Å². The number of rotatable bonds is 5. The molecule has 228 valence electrons. The first-order valence-electron chi connectivity index (χ1n) is 12.8. The van der Waals surface area contributed by atoms with Crippen LogP contribution in [0.4, 0.5) is 30.7 Å². The third-order valence-corrected chi connectivity index (χ3v) is 6.80. The number of halogens is 7. The van der Waals surface area contributed by atoms with Gasteiger partial charge in [-0.05, 0) is 60.8 Å². The second-order valence-corrected chi connectivity index (χ2v) is 9.76. The molecule has 15 heteroatoms. The molecule has 0 amide bonds. The average Bonchev–Trinajstić information content (AvgIpc) is 3.33. The first-order chi connectivity index (χ1) is 20.2. The number of aromatic carboxylic acids is 1. The van der Waals surface area contributed by atoms with Gasteiger partial charge in [0.1, 0.15) is 11.0 Å². The first-order valence-corrected chi connectivity index (χ1v) is 12.8. The molecule has 5 rings (SSSR count). The van der Waals surface area contributed by atoms with Gasteiger partial charge in [-0.25, -0.2) is 31.8 Å². The smallest absolute Gasteiger partial charge is 0.478 e. The van der Waals surface area contributed by atoms with Crippen molar-refractivity contribution in [3.05, 3.63) is 70.8 Å². The van der Waals surface area contributed by atoms with Gasteiger partial charge < -0.3 is 10.2 Å². The molecule has 4 aromatic rings. The number of piperidine rings is 1. The van der Waals surface area contributed by atoms with Gasteiger partial charge in [-0.1, -0.05) is 29.8 Å². The van der Waals surface area contributed by atoms with E-state index in [0.29, 0.717) is 6.54 Å². The maximum absolute atomic E-state index is 15.3. The Balaban J connectivity index is 0.000000541. The molecule has 8 nitrogen and oxygen atoms in total. The van der Waals surface area contributed by atoms with Gasteiger partial charge in [-0.2, -0.15) is 13.2 Å². The van der Waals surface area contributed by atoms with Gasteiger partial charge in [-0.15, -0.1) is 5.10 Å². The third-order valence-electron chi connectivity index (χ3n) is 6.80. The number of nitrogens with zero attached hydrogens (tertiary/aromatic N) is 4. The van der Waals surface area contributed by atoms with E-state index < -0.39 is 52.5 Å². The Hall–Kier alpha value is -4.53. The van der Waals surface area contributed by atoms with E-state index in [1.807, 2.05) is 0 Å². The van der Waals surface area contributed by atoms with Crippen molar-refractivity contribution >= 4 is 23.0 Å². The molecule has 0 atom stereocenters. The van der Waals surface area contributed by atoms with Crippen molar-refractivity contribution in [1.82, 2.24) is 19.9 Å². The summed E-state index contributed by atoms with van der Waals surface area (Å²) in [5.41, 5.74) is -1.63. The molecule has 0 spiro atoms. The molecule has 1 saturated heterocycles. The van der Waals surface area contributed by atoms with Crippen molar-refractivity contribution in [3.8, 4) is 22.3 Å². The molecule has 0 bridgehead atoms. The Morgan fingerprint density at radius 2 is 1.42 bits per heavy atom. The number of benzene rings is 3. The van der Waals surface area contributed by atoms with E-state index in [1.54, 1.807) is 12.1 Å². The maximum Gasteiger partial charge on any atom is 0.490 e. The number of carbonyl (C=O) groups is 2. The van der Waals surface area contributed by atoms with E-state index in [1.165, 1.54) is 23.9 Å². The van der Waals surface area contributed by atoms with Crippen LogP contribution in [0.1, 0.15) is 35.2 Å². The fourth-order valence-corrected chi connectivity index (χ4v) is 4.84. The van der Waals surface area contributed by atoms with Gasteiger partial charge in [0, 0.05) is 13.6 Å². The van der Waals surface area contributed by atoms with Crippen molar-refractivity contribution in [2.75, 3.05) is 13.1 Å². The molecular formula is C28H23F7N4O4. The Bertz CT molecular complexity index is 1670. The van der Waals surface area contributed by atoms with Gasteiger partial charge in [0.25, 0.3) is 0 Å². The second-order valence-electron chi connectivity index (χ2n) is 9.76. The fraction of sp³-hybridized carbons (Fsp3) is 0.286. The lowest BCUT2D eigenvalue weighted by molar-refractivity contribution is -0.192. The zero-order chi connectivity index (χ0) is 31.6. The van der Waals surface area contributed by atoms with Gasteiger partial charge in [0.05, 0.1) is 16.7 Å².